The third kappa shape index (κ3) is 7.46. The highest BCUT2D eigenvalue weighted by Gasteiger charge is 2.25. The Bertz CT molecular complexity index is 1690. The number of nitrogens with zero attached hydrogens (tertiary/aromatic N) is 4. The molecule has 1 unspecified atom stereocenters. The molecule has 12 nitrogen and oxygen atoms in total. The Morgan fingerprint density at radius 2 is 1.73 bits per heavy atom. The van der Waals surface area contributed by atoms with Gasteiger partial charge in [0.25, 0.3) is 6.01 Å². The van der Waals surface area contributed by atoms with Crippen LogP contribution in [0.3, 0.4) is 0 Å². The fraction of sp³-hybridized carbons (Fsp3) is 0.333. The molecule has 1 aliphatic rings. The maximum Gasteiger partial charge on any atom is 0.511 e. The lowest BCUT2D eigenvalue weighted by Crippen LogP contribution is -2.39. The van der Waals surface area contributed by atoms with E-state index in [-0.39, 0.29) is 17.5 Å². The molecule has 45 heavy (non-hydrogen) atoms. The predicted octanol–water partition coefficient (Wildman–Crippen LogP) is 4.97. The lowest BCUT2D eigenvalue weighted by Gasteiger charge is -2.22. The molecular weight excluding hydrogens is 576 g/mol. The largest absolute Gasteiger partial charge is 0.511 e. The number of hydrogen-bond acceptors (Lipinski definition) is 8. The van der Waals surface area contributed by atoms with Crippen molar-refractivity contribution >= 4 is 29.0 Å². The topological polar surface area (TPSA) is 165 Å². The third-order valence-corrected chi connectivity index (χ3v) is 7.55. The SMILES string of the molecule is CCOc1nc2cccc(C(=O)OC(C)OC(=O)OC3CCCCC3)c2n1Cc1ccc(-c2ccccc2C(=[NH2+])N=NN)cc1. The Morgan fingerprint density at radius 3 is 2.47 bits per heavy atom. The van der Waals surface area contributed by atoms with Crippen LogP contribution in [-0.4, -0.2) is 46.5 Å². The number of carbonyl (C=O) groups excluding carboxylic acids is 2. The first-order chi connectivity index (χ1) is 21.9. The summed E-state index contributed by atoms with van der Waals surface area (Å²) >= 11 is 0. The number of benzene rings is 3. The highest BCUT2D eigenvalue weighted by Crippen LogP contribution is 2.29. The summed E-state index contributed by atoms with van der Waals surface area (Å²) in [6.45, 7) is 4.08. The van der Waals surface area contributed by atoms with Crippen LogP contribution in [0.25, 0.3) is 22.2 Å². The van der Waals surface area contributed by atoms with E-state index < -0.39 is 18.4 Å². The summed E-state index contributed by atoms with van der Waals surface area (Å²) in [6, 6.07) is 21.0. The fourth-order valence-electron chi connectivity index (χ4n) is 5.48. The van der Waals surface area contributed by atoms with Gasteiger partial charge in [-0.2, -0.15) is 4.98 Å². The number of imidazole rings is 1. The molecule has 234 valence electrons. The highest BCUT2D eigenvalue weighted by molar-refractivity contribution is 6.03. The normalized spacial score (nSPS) is 14.3. The summed E-state index contributed by atoms with van der Waals surface area (Å²) in [5.41, 5.74) is 4.79. The number of nitrogens with two attached hydrogens (primary N) is 2. The van der Waals surface area contributed by atoms with Gasteiger partial charge in [-0.05, 0) is 67.5 Å². The molecule has 4 N–H and O–H groups in total. The molecule has 1 aromatic heterocycles. The van der Waals surface area contributed by atoms with E-state index in [1.54, 1.807) is 18.2 Å². The fourth-order valence-corrected chi connectivity index (χ4v) is 5.48. The van der Waals surface area contributed by atoms with Gasteiger partial charge in [0.05, 0.1) is 40.4 Å². The lowest BCUT2D eigenvalue weighted by molar-refractivity contribution is -0.114. The van der Waals surface area contributed by atoms with E-state index in [4.69, 9.17) is 30.2 Å². The van der Waals surface area contributed by atoms with Crippen molar-refractivity contribution in [2.75, 3.05) is 6.61 Å². The van der Waals surface area contributed by atoms with Gasteiger partial charge in [0.2, 0.25) is 6.29 Å². The molecular formula is C33H37N6O6+. The summed E-state index contributed by atoms with van der Waals surface area (Å²) in [4.78, 5) is 30.3. The molecule has 0 saturated heterocycles. The van der Waals surface area contributed by atoms with Crippen LogP contribution in [-0.2, 0) is 20.8 Å². The van der Waals surface area contributed by atoms with Gasteiger partial charge in [-0.15, -0.1) is 0 Å². The first-order valence-electron chi connectivity index (χ1n) is 15.0. The Balaban J connectivity index is 1.37. The monoisotopic (exact) mass is 613 g/mol. The summed E-state index contributed by atoms with van der Waals surface area (Å²) in [5.74, 6) is 4.75. The Kier molecular flexibility index (Phi) is 10.0. The van der Waals surface area contributed by atoms with Crippen LogP contribution in [0.1, 0.15) is 67.4 Å². The number of esters is 1. The van der Waals surface area contributed by atoms with E-state index in [0.29, 0.717) is 35.8 Å². The number of ether oxygens (including phenoxy) is 4. The van der Waals surface area contributed by atoms with Crippen LogP contribution in [0.15, 0.2) is 77.1 Å². The van der Waals surface area contributed by atoms with Crippen molar-refractivity contribution in [3.8, 4) is 17.1 Å². The minimum Gasteiger partial charge on any atom is -0.465 e. The zero-order valence-corrected chi connectivity index (χ0v) is 25.3. The second-order valence-corrected chi connectivity index (χ2v) is 10.6. The van der Waals surface area contributed by atoms with E-state index >= 15 is 0 Å². The van der Waals surface area contributed by atoms with E-state index in [0.717, 1.165) is 48.8 Å². The molecule has 12 heteroatoms. The number of carbonyl (C=O) groups is 2. The van der Waals surface area contributed by atoms with Gasteiger partial charge in [-0.25, -0.2) is 9.59 Å². The van der Waals surface area contributed by atoms with Gasteiger partial charge in [0.1, 0.15) is 6.10 Å². The zero-order valence-electron chi connectivity index (χ0n) is 25.3. The van der Waals surface area contributed by atoms with Crippen LogP contribution >= 0.6 is 0 Å². The van der Waals surface area contributed by atoms with E-state index in [2.05, 4.69) is 15.3 Å². The maximum atomic E-state index is 13.4. The Hall–Kier alpha value is -5.26. The molecule has 0 aliphatic heterocycles. The van der Waals surface area contributed by atoms with Crippen molar-refractivity contribution in [1.29, 1.82) is 0 Å². The number of rotatable bonds is 10. The molecule has 0 spiro atoms. The minimum absolute atomic E-state index is 0.169. The summed E-state index contributed by atoms with van der Waals surface area (Å²) in [5, 5.41) is 13.2. The molecule has 3 aromatic carbocycles. The van der Waals surface area contributed by atoms with Crippen molar-refractivity contribution in [1.82, 2.24) is 9.55 Å². The number of amidine groups is 1. The van der Waals surface area contributed by atoms with Crippen molar-refractivity contribution < 1.29 is 33.9 Å². The van der Waals surface area contributed by atoms with Gasteiger partial charge in [0, 0.05) is 12.1 Å². The smallest absolute Gasteiger partial charge is 0.465 e. The second-order valence-electron chi connectivity index (χ2n) is 10.6. The first-order valence-corrected chi connectivity index (χ1v) is 15.0. The van der Waals surface area contributed by atoms with E-state index in [9.17, 15) is 9.59 Å². The van der Waals surface area contributed by atoms with Gasteiger partial charge in [-0.1, -0.05) is 55.0 Å². The quantitative estimate of drug-likeness (QED) is 0.0481. The maximum absolute atomic E-state index is 13.4. The van der Waals surface area contributed by atoms with Crippen molar-refractivity contribution in [2.45, 2.75) is 64.9 Å². The molecule has 1 aliphatic carbocycles. The minimum atomic E-state index is -1.15. The highest BCUT2D eigenvalue weighted by atomic mass is 16.8. The van der Waals surface area contributed by atoms with Crippen molar-refractivity contribution in [3.05, 3.63) is 83.4 Å². The predicted molar refractivity (Wildman–Crippen MR) is 166 cm³/mol. The Labute approximate surface area is 260 Å². The van der Waals surface area contributed by atoms with Crippen LogP contribution in [0.4, 0.5) is 4.79 Å². The van der Waals surface area contributed by atoms with Gasteiger partial charge in [-0.3, -0.25) is 15.8 Å². The summed E-state index contributed by atoms with van der Waals surface area (Å²) < 4.78 is 23.8. The molecule has 0 radical (unpaired) electrons. The molecule has 0 bridgehead atoms. The molecule has 1 saturated carbocycles. The second kappa shape index (κ2) is 14.5. The van der Waals surface area contributed by atoms with Crippen molar-refractivity contribution in [3.63, 3.8) is 0 Å². The molecule has 4 aromatic rings. The molecule has 1 heterocycles. The number of hydrogen-bond donors (Lipinski definition) is 2. The summed E-state index contributed by atoms with van der Waals surface area (Å²) in [6.07, 6.45) is 2.60. The average Bonchev–Trinajstić information content (AvgIpc) is 3.38. The van der Waals surface area contributed by atoms with E-state index in [1.807, 2.05) is 60.0 Å². The van der Waals surface area contributed by atoms with Crippen LogP contribution in [0, 0.1) is 0 Å². The van der Waals surface area contributed by atoms with Crippen molar-refractivity contribution in [2.24, 2.45) is 16.2 Å². The number of para-hydroxylation sites is 1. The lowest BCUT2D eigenvalue weighted by atomic mass is 9.98. The van der Waals surface area contributed by atoms with Crippen LogP contribution in [0.2, 0.25) is 0 Å². The molecule has 1 atom stereocenters. The Morgan fingerprint density at radius 1 is 1.00 bits per heavy atom. The molecule has 1 fully saturated rings. The van der Waals surface area contributed by atoms with Gasteiger partial charge < -0.3 is 18.9 Å². The standard InChI is InChI=1S/C33H36N6O6/c1-3-42-32-36-28-15-9-14-27(31(40)43-21(2)44-33(41)45-24-10-5-4-6-11-24)29(28)39(32)20-22-16-18-23(19-17-22)25-12-7-8-13-26(25)30(34)37-38-35/h7-9,12-19,21,24H,3-6,10-11,20H2,1-2H3,(H3,34,35,37)/p+1. The third-order valence-electron chi connectivity index (χ3n) is 7.55. The first kappa shape index (κ1) is 31.2. The average molecular weight is 614 g/mol. The van der Waals surface area contributed by atoms with E-state index in [1.165, 1.54) is 6.92 Å². The summed E-state index contributed by atoms with van der Waals surface area (Å²) in [7, 11) is 0. The number of aromatic nitrogens is 2. The number of fused-ring (bicyclic) bond motifs is 1. The zero-order chi connectivity index (χ0) is 31.8. The van der Waals surface area contributed by atoms with Gasteiger partial charge in [0.15, 0.2) is 0 Å². The van der Waals surface area contributed by atoms with Crippen LogP contribution in [0.5, 0.6) is 6.01 Å². The van der Waals surface area contributed by atoms with Gasteiger partial charge >= 0.3 is 18.0 Å². The molecule has 5 rings (SSSR count). The molecule has 0 amide bonds. The van der Waals surface area contributed by atoms with Crippen LogP contribution < -0.4 is 16.0 Å².